The molecule has 5 heteroatoms. The lowest BCUT2D eigenvalue weighted by Crippen LogP contribution is -2.23. The molecule has 0 atom stereocenters. The van der Waals surface area contributed by atoms with Gasteiger partial charge in [-0.3, -0.25) is 4.90 Å². The highest BCUT2D eigenvalue weighted by molar-refractivity contribution is 5.37. The molecule has 5 nitrogen and oxygen atoms in total. The quantitative estimate of drug-likeness (QED) is 0.771. The normalized spacial score (nSPS) is 11.7. The van der Waals surface area contributed by atoms with Crippen molar-refractivity contribution in [3.8, 4) is 11.8 Å². The van der Waals surface area contributed by atoms with E-state index in [-0.39, 0.29) is 0 Å². The van der Waals surface area contributed by atoms with E-state index in [0.717, 1.165) is 30.9 Å². The first-order chi connectivity index (χ1) is 12.2. The van der Waals surface area contributed by atoms with Gasteiger partial charge in [0.2, 0.25) is 5.89 Å². The molecule has 0 aliphatic heterocycles. The highest BCUT2D eigenvalue weighted by atomic mass is 16.5. The summed E-state index contributed by atoms with van der Waals surface area (Å²) in [6, 6.07) is 8.10. The van der Waals surface area contributed by atoms with Crippen LogP contribution in [0.15, 0.2) is 28.8 Å². The van der Waals surface area contributed by atoms with Gasteiger partial charge in [-0.1, -0.05) is 49.9 Å². The molecule has 1 aromatic carbocycles. The van der Waals surface area contributed by atoms with E-state index in [9.17, 15) is 5.11 Å². The summed E-state index contributed by atoms with van der Waals surface area (Å²) in [5, 5.41) is 13.8. The fourth-order valence-corrected chi connectivity index (χ4v) is 2.44. The molecule has 2 rings (SSSR count). The largest absolute Gasteiger partial charge is 0.378 e. The lowest BCUT2D eigenvalue weighted by molar-refractivity contribution is 0.143. The number of hydrogen-bond donors (Lipinski definition) is 1. The minimum absolute atomic E-state index is 0.503. The predicted molar refractivity (Wildman–Crippen MR) is 102 cm³/mol. The molecular weight excluding hydrogens is 326 g/mol. The highest BCUT2D eigenvalue weighted by Crippen LogP contribution is 2.11. The Balaban J connectivity index is 1.96. The van der Waals surface area contributed by atoms with Crippen molar-refractivity contribution in [2.24, 2.45) is 5.92 Å². The van der Waals surface area contributed by atoms with Crippen molar-refractivity contribution in [1.29, 1.82) is 0 Å². The minimum Gasteiger partial charge on any atom is -0.378 e. The van der Waals surface area contributed by atoms with Crippen LogP contribution in [0.5, 0.6) is 0 Å². The molecule has 1 heterocycles. The van der Waals surface area contributed by atoms with Crippen molar-refractivity contribution >= 4 is 0 Å². The lowest BCUT2D eigenvalue weighted by atomic mass is 10.1. The molecule has 0 bridgehead atoms. The Kier molecular flexibility index (Phi) is 6.96. The Labute approximate surface area is 156 Å². The van der Waals surface area contributed by atoms with E-state index in [4.69, 9.17) is 4.52 Å². The Morgan fingerprint density at radius 3 is 2.46 bits per heavy atom. The maximum absolute atomic E-state index is 9.67. The van der Waals surface area contributed by atoms with Gasteiger partial charge in [-0.25, -0.2) is 0 Å². The molecule has 0 aliphatic rings. The maximum Gasteiger partial charge on any atom is 0.226 e. The van der Waals surface area contributed by atoms with E-state index in [1.807, 2.05) is 12.1 Å². The molecule has 26 heavy (non-hydrogen) atoms. The molecular formula is C21H29N3O2. The molecule has 0 spiro atoms. The van der Waals surface area contributed by atoms with Crippen molar-refractivity contribution in [2.75, 3.05) is 6.54 Å². The molecule has 0 amide bonds. The number of aromatic nitrogens is 2. The van der Waals surface area contributed by atoms with Crippen LogP contribution in [0.2, 0.25) is 0 Å². The summed E-state index contributed by atoms with van der Waals surface area (Å²) < 4.78 is 5.32. The van der Waals surface area contributed by atoms with Crippen molar-refractivity contribution in [3.05, 3.63) is 47.1 Å². The van der Waals surface area contributed by atoms with Crippen LogP contribution in [-0.2, 0) is 19.5 Å². The van der Waals surface area contributed by atoms with Gasteiger partial charge in [0.05, 0.1) is 6.54 Å². The molecule has 0 saturated heterocycles. The Morgan fingerprint density at radius 2 is 1.88 bits per heavy atom. The zero-order valence-electron chi connectivity index (χ0n) is 16.4. The average molecular weight is 355 g/mol. The summed E-state index contributed by atoms with van der Waals surface area (Å²) in [7, 11) is 0. The van der Waals surface area contributed by atoms with Crippen LogP contribution in [0.25, 0.3) is 0 Å². The number of hydrogen-bond acceptors (Lipinski definition) is 5. The second kappa shape index (κ2) is 8.98. The first-order valence-electron chi connectivity index (χ1n) is 9.13. The van der Waals surface area contributed by atoms with Crippen LogP contribution in [0.4, 0.5) is 0 Å². The van der Waals surface area contributed by atoms with Crippen molar-refractivity contribution in [1.82, 2.24) is 15.0 Å². The van der Waals surface area contributed by atoms with Crippen LogP contribution in [-0.4, -0.2) is 32.3 Å². The van der Waals surface area contributed by atoms with Crippen LogP contribution in [0, 0.1) is 17.8 Å². The monoisotopic (exact) mass is 355 g/mol. The van der Waals surface area contributed by atoms with E-state index in [1.165, 1.54) is 5.56 Å². The third-order valence-electron chi connectivity index (χ3n) is 3.78. The Hall–Kier alpha value is -2.16. The van der Waals surface area contributed by atoms with Crippen molar-refractivity contribution in [2.45, 2.75) is 59.7 Å². The average Bonchev–Trinajstić information content (AvgIpc) is 2.99. The highest BCUT2D eigenvalue weighted by Gasteiger charge is 2.12. The summed E-state index contributed by atoms with van der Waals surface area (Å²) in [4.78, 5) is 6.75. The second-order valence-electron chi connectivity index (χ2n) is 7.51. The van der Waals surface area contributed by atoms with Crippen LogP contribution >= 0.6 is 0 Å². The second-order valence-corrected chi connectivity index (χ2v) is 7.51. The number of benzene rings is 1. The third kappa shape index (κ3) is 6.99. The summed E-state index contributed by atoms with van der Waals surface area (Å²) >= 11 is 0. The van der Waals surface area contributed by atoms with Gasteiger partial charge >= 0.3 is 0 Å². The van der Waals surface area contributed by atoms with E-state index in [1.54, 1.807) is 13.8 Å². The van der Waals surface area contributed by atoms with Gasteiger partial charge < -0.3 is 9.63 Å². The number of nitrogens with zero attached hydrogens (tertiary/aromatic N) is 3. The first-order valence-corrected chi connectivity index (χ1v) is 9.13. The zero-order chi connectivity index (χ0) is 19.2. The molecule has 0 saturated carbocycles. The molecule has 2 aromatic rings. The van der Waals surface area contributed by atoms with Gasteiger partial charge in [0.1, 0.15) is 5.60 Å². The molecule has 0 aliphatic carbocycles. The molecule has 0 radical (unpaired) electrons. The molecule has 0 unspecified atom stereocenters. The van der Waals surface area contributed by atoms with Crippen LogP contribution in [0.3, 0.4) is 0 Å². The van der Waals surface area contributed by atoms with Gasteiger partial charge in [-0.05, 0) is 44.0 Å². The van der Waals surface area contributed by atoms with E-state index < -0.39 is 5.60 Å². The van der Waals surface area contributed by atoms with Gasteiger partial charge in [0.15, 0.2) is 5.82 Å². The van der Waals surface area contributed by atoms with E-state index in [2.05, 4.69) is 59.8 Å². The first kappa shape index (κ1) is 20.2. The molecule has 0 fully saturated rings. The third-order valence-corrected chi connectivity index (χ3v) is 3.78. The fourth-order valence-electron chi connectivity index (χ4n) is 2.44. The Morgan fingerprint density at radius 1 is 1.19 bits per heavy atom. The molecule has 1 N–H and O–H groups in total. The molecule has 140 valence electrons. The summed E-state index contributed by atoms with van der Waals surface area (Å²) in [6.07, 6.45) is 0.812. The van der Waals surface area contributed by atoms with Gasteiger partial charge in [-0.15, -0.1) is 0 Å². The van der Waals surface area contributed by atoms with Crippen molar-refractivity contribution < 1.29 is 9.63 Å². The number of aliphatic hydroxyl groups is 1. The lowest BCUT2D eigenvalue weighted by Gasteiger charge is -2.18. The fraction of sp³-hybridized carbons (Fsp3) is 0.524. The summed E-state index contributed by atoms with van der Waals surface area (Å²) in [6.45, 7) is 12.1. The van der Waals surface area contributed by atoms with Crippen LogP contribution in [0.1, 0.15) is 57.5 Å². The van der Waals surface area contributed by atoms with Gasteiger partial charge in [0.25, 0.3) is 0 Å². The van der Waals surface area contributed by atoms with E-state index in [0.29, 0.717) is 18.4 Å². The summed E-state index contributed by atoms with van der Waals surface area (Å²) in [5.41, 5.74) is 1.12. The van der Waals surface area contributed by atoms with Crippen molar-refractivity contribution in [3.63, 3.8) is 0 Å². The zero-order valence-corrected chi connectivity index (χ0v) is 16.4. The predicted octanol–water partition coefficient (Wildman–Crippen LogP) is 3.41. The SMILES string of the molecule is CCN(Cc1ccc(C#CC(C)(C)O)cc1)Cc1noc(CC(C)C)n1. The Bertz CT molecular complexity index is 746. The standard InChI is InChI=1S/C21H29N3O2/c1-6-24(15-19-22-20(26-23-19)13-16(2)3)14-18-9-7-17(8-10-18)11-12-21(4,5)25/h7-10,16,25H,6,13-15H2,1-5H3. The molecule has 1 aromatic heterocycles. The van der Waals surface area contributed by atoms with Gasteiger partial charge in [0, 0.05) is 18.5 Å². The van der Waals surface area contributed by atoms with Crippen LogP contribution < -0.4 is 0 Å². The van der Waals surface area contributed by atoms with Gasteiger partial charge in [-0.2, -0.15) is 4.98 Å². The topological polar surface area (TPSA) is 62.4 Å². The van der Waals surface area contributed by atoms with E-state index >= 15 is 0 Å². The smallest absolute Gasteiger partial charge is 0.226 e. The maximum atomic E-state index is 9.67. The number of rotatable bonds is 7. The summed E-state index contributed by atoms with van der Waals surface area (Å²) in [5.74, 6) is 7.76. The minimum atomic E-state index is -0.975.